The van der Waals surface area contributed by atoms with Crippen molar-refractivity contribution in [2.45, 2.75) is 10.3 Å². The van der Waals surface area contributed by atoms with E-state index in [0.717, 1.165) is 22.4 Å². The zero-order chi connectivity index (χ0) is 18.9. The van der Waals surface area contributed by atoms with Crippen molar-refractivity contribution in [3.8, 4) is 11.1 Å². The van der Waals surface area contributed by atoms with Crippen LogP contribution in [-0.2, 0) is 10.0 Å². The first-order valence-corrected chi connectivity index (χ1v) is 11.5. The van der Waals surface area contributed by atoms with E-state index in [2.05, 4.69) is 0 Å². The van der Waals surface area contributed by atoms with E-state index in [-0.39, 0.29) is 5.37 Å². The highest BCUT2D eigenvalue weighted by Crippen LogP contribution is 2.42. The molecule has 0 aromatic heterocycles. The zero-order valence-electron chi connectivity index (χ0n) is 14.5. The van der Waals surface area contributed by atoms with E-state index < -0.39 is 10.0 Å². The normalized spacial score (nSPS) is 17.9. The van der Waals surface area contributed by atoms with Crippen LogP contribution in [0.25, 0.3) is 11.1 Å². The number of sulfonamides is 1. The fourth-order valence-electron chi connectivity index (χ4n) is 3.21. The minimum atomic E-state index is -3.58. The summed E-state index contributed by atoms with van der Waals surface area (Å²) in [4.78, 5) is 0.316. The van der Waals surface area contributed by atoms with Crippen LogP contribution in [0.15, 0.2) is 83.8 Å². The summed E-state index contributed by atoms with van der Waals surface area (Å²) >= 11 is 7.72. The smallest absolute Gasteiger partial charge is 0.207 e. The van der Waals surface area contributed by atoms with Gasteiger partial charge in [-0.1, -0.05) is 66.2 Å². The Hall–Kier alpha value is -1.79. The molecule has 0 N–H and O–H groups in total. The molecule has 0 radical (unpaired) electrons. The van der Waals surface area contributed by atoms with Gasteiger partial charge in [-0.15, -0.1) is 11.8 Å². The topological polar surface area (TPSA) is 37.4 Å². The molecular weight excluding hydrogens is 398 g/mol. The van der Waals surface area contributed by atoms with Crippen LogP contribution in [0, 0.1) is 0 Å². The van der Waals surface area contributed by atoms with Crippen molar-refractivity contribution in [2.24, 2.45) is 0 Å². The van der Waals surface area contributed by atoms with Gasteiger partial charge in [0.25, 0.3) is 0 Å². The predicted molar refractivity (Wildman–Crippen MR) is 112 cm³/mol. The van der Waals surface area contributed by atoms with E-state index in [9.17, 15) is 8.42 Å². The number of benzene rings is 3. The molecule has 0 spiro atoms. The zero-order valence-corrected chi connectivity index (χ0v) is 16.8. The molecule has 1 aliphatic heterocycles. The van der Waals surface area contributed by atoms with Crippen LogP contribution in [0.2, 0.25) is 5.02 Å². The van der Waals surface area contributed by atoms with Gasteiger partial charge in [-0.25, -0.2) is 8.42 Å². The largest absolute Gasteiger partial charge is 0.244 e. The first kappa shape index (κ1) is 18.6. The summed E-state index contributed by atoms with van der Waals surface area (Å²) in [6, 6.07) is 24.4. The lowest BCUT2D eigenvalue weighted by atomic mass is 10.1. The molecule has 27 heavy (non-hydrogen) atoms. The average Bonchev–Trinajstić information content (AvgIpc) is 3.20. The maximum absolute atomic E-state index is 13.2. The molecule has 1 unspecified atom stereocenters. The number of rotatable bonds is 4. The summed E-state index contributed by atoms with van der Waals surface area (Å²) in [6.07, 6.45) is 0. The second-order valence-corrected chi connectivity index (χ2v) is 9.80. The van der Waals surface area contributed by atoms with E-state index >= 15 is 0 Å². The van der Waals surface area contributed by atoms with Gasteiger partial charge in [0.2, 0.25) is 10.0 Å². The Kier molecular flexibility index (Phi) is 5.28. The van der Waals surface area contributed by atoms with Gasteiger partial charge in [0, 0.05) is 17.3 Å². The first-order valence-electron chi connectivity index (χ1n) is 8.60. The highest BCUT2D eigenvalue weighted by atomic mass is 35.5. The summed E-state index contributed by atoms with van der Waals surface area (Å²) in [5, 5.41) is 0.368. The summed E-state index contributed by atoms with van der Waals surface area (Å²) in [5.74, 6) is 0.762. The summed E-state index contributed by atoms with van der Waals surface area (Å²) < 4.78 is 28.0. The van der Waals surface area contributed by atoms with Gasteiger partial charge in [-0.2, -0.15) is 4.31 Å². The molecule has 0 aliphatic carbocycles. The molecule has 1 fully saturated rings. The molecule has 6 heteroatoms. The third-order valence-electron chi connectivity index (χ3n) is 4.55. The van der Waals surface area contributed by atoms with E-state index in [1.807, 2.05) is 60.7 Å². The van der Waals surface area contributed by atoms with Gasteiger partial charge in [0.05, 0.1) is 10.3 Å². The SMILES string of the molecule is O=S(=O)(c1ccc(-c2ccccc2)cc1)N1CCSC1c1cccc(Cl)c1. The van der Waals surface area contributed by atoms with Crippen molar-refractivity contribution in [3.05, 3.63) is 89.4 Å². The molecule has 0 amide bonds. The molecule has 1 heterocycles. The molecule has 0 bridgehead atoms. The lowest BCUT2D eigenvalue weighted by Gasteiger charge is -2.23. The number of halogens is 1. The molecular formula is C21H18ClNO2S2. The Morgan fingerprint density at radius 1 is 0.889 bits per heavy atom. The summed E-state index contributed by atoms with van der Waals surface area (Å²) in [5.41, 5.74) is 2.97. The maximum atomic E-state index is 13.2. The van der Waals surface area contributed by atoms with Gasteiger partial charge in [0.15, 0.2) is 0 Å². The van der Waals surface area contributed by atoms with Gasteiger partial charge < -0.3 is 0 Å². The third-order valence-corrected chi connectivity index (χ3v) is 8.06. The van der Waals surface area contributed by atoms with Crippen molar-refractivity contribution >= 4 is 33.4 Å². The number of hydrogen-bond acceptors (Lipinski definition) is 3. The van der Waals surface area contributed by atoms with E-state index in [0.29, 0.717) is 16.5 Å². The minimum absolute atomic E-state index is 0.248. The van der Waals surface area contributed by atoms with Crippen LogP contribution in [0.1, 0.15) is 10.9 Å². The van der Waals surface area contributed by atoms with Crippen LogP contribution in [0.5, 0.6) is 0 Å². The monoisotopic (exact) mass is 415 g/mol. The molecule has 138 valence electrons. The van der Waals surface area contributed by atoms with E-state index in [1.54, 1.807) is 34.3 Å². The minimum Gasteiger partial charge on any atom is -0.207 e. The van der Waals surface area contributed by atoms with Crippen LogP contribution in [0.4, 0.5) is 0 Å². The Bertz CT molecular complexity index is 1040. The molecule has 1 atom stereocenters. The van der Waals surface area contributed by atoms with E-state index in [4.69, 9.17) is 11.6 Å². The predicted octanol–water partition coefficient (Wildman–Crippen LogP) is 5.44. The lowest BCUT2D eigenvalue weighted by Crippen LogP contribution is -2.30. The molecule has 4 rings (SSSR count). The summed E-state index contributed by atoms with van der Waals surface area (Å²) in [7, 11) is -3.58. The van der Waals surface area contributed by atoms with E-state index in [1.165, 1.54) is 0 Å². The van der Waals surface area contributed by atoms with Crippen molar-refractivity contribution in [1.82, 2.24) is 4.31 Å². The fourth-order valence-corrected chi connectivity index (χ4v) is 6.64. The molecule has 3 aromatic carbocycles. The second-order valence-electron chi connectivity index (χ2n) is 6.28. The highest BCUT2D eigenvalue weighted by molar-refractivity contribution is 8.01. The Morgan fingerprint density at radius 3 is 2.30 bits per heavy atom. The van der Waals surface area contributed by atoms with Crippen molar-refractivity contribution in [2.75, 3.05) is 12.3 Å². The maximum Gasteiger partial charge on any atom is 0.244 e. The van der Waals surface area contributed by atoms with Gasteiger partial charge in [-0.05, 0) is 41.0 Å². The molecule has 1 saturated heterocycles. The first-order chi connectivity index (χ1) is 13.1. The molecule has 0 saturated carbocycles. The quantitative estimate of drug-likeness (QED) is 0.569. The average molecular weight is 416 g/mol. The third kappa shape index (κ3) is 3.78. The fraction of sp³-hybridized carbons (Fsp3) is 0.143. The van der Waals surface area contributed by atoms with Crippen molar-refractivity contribution in [3.63, 3.8) is 0 Å². The molecule has 1 aliphatic rings. The Labute approximate surface area is 169 Å². The van der Waals surface area contributed by atoms with Crippen LogP contribution in [0.3, 0.4) is 0 Å². The number of nitrogens with zero attached hydrogens (tertiary/aromatic N) is 1. The summed E-state index contributed by atoms with van der Waals surface area (Å²) in [6.45, 7) is 0.491. The van der Waals surface area contributed by atoms with Crippen LogP contribution in [-0.4, -0.2) is 25.0 Å². The number of hydrogen-bond donors (Lipinski definition) is 0. The second kappa shape index (κ2) is 7.68. The van der Waals surface area contributed by atoms with Crippen LogP contribution >= 0.6 is 23.4 Å². The van der Waals surface area contributed by atoms with Gasteiger partial charge >= 0.3 is 0 Å². The van der Waals surface area contributed by atoms with Crippen molar-refractivity contribution in [1.29, 1.82) is 0 Å². The standard InChI is InChI=1S/C21H18ClNO2S2/c22-19-8-4-7-18(15-19)21-23(13-14-26-21)27(24,25)20-11-9-17(10-12-20)16-5-2-1-3-6-16/h1-12,15,21H,13-14H2. The lowest BCUT2D eigenvalue weighted by molar-refractivity contribution is 0.434. The number of thioether (sulfide) groups is 1. The Balaban J connectivity index is 1.64. The molecule has 3 aromatic rings. The highest BCUT2D eigenvalue weighted by Gasteiger charge is 2.36. The van der Waals surface area contributed by atoms with Gasteiger partial charge in [-0.3, -0.25) is 0 Å². The van der Waals surface area contributed by atoms with Crippen molar-refractivity contribution < 1.29 is 8.42 Å². The molecule has 3 nitrogen and oxygen atoms in total. The van der Waals surface area contributed by atoms with Crippen LogP contribution < -0.4 is 0 Å². The van der Waals surface area contributed by atoms with Gasteiger partial charge in [0.1, 0.15) is 0 Å². The Morgan fingerprint density at radius 2 is 1.59 bits per heavy atom.